The van der Waals surface area contributed by atoms with Crippen molar-refractivity contribution in [3.8, 4) is 0 Å². The Balaban J connectivity index is 1.44. The lowest BCUT2D eigenvalue weighted by atomic mass is 9.91. The van der Waals surface area contributed by atoms with Gasteiger partial charge in [0.15, 0.2) is 0 Å². The van der Waals surface area contributed by atoms with Crippen molar-refractivity contribution >= 4 is 0 Å². The molecular formula is C17H34N2+2. The summed E-state index contributed by atoms with van der Waals surface area (Å²) >= 11 is 0. The number of nitrogens with one attached hydrogen (secondary N) is 2. The Morgan fingerprint density at radius 2 is 1.05 bits per heavy atom. The Morgan fingerprint density at radius 1 is 0.579 bits per heavy atom. The maximum absolute atomic E-state index is 2.44. The summed E-state index contributed by atoms with van der Waals surface area (Å²) in [6.07, 6.45) is 13.5. The lowest BCUT2D eigenvalue weighted by molar-refractivity contribution is -0.971. The quantitative estimate of drug-likeness (QED) is 0.727. The standard InChI is InChI=1S/C17H32N2/c1-15-7-11-18(12-8-15)17-9-13-19(14-10-17)16-5-3-2-4-6-16/h15-17H,2-14H2,1H3/p+2. The van der Waals surface area contributed by atoms with E-state index in [1.807, 2.05) is 9.80 Å². The summed E-state index contributed by atoms with van der Waals surface area (Å²) in [6.45, 7) is 8.32. The second-order valence-corrected chi connectivity index (χ2v) is 7.61. The molecule has 2 nitrogen and oxygen atoms in total. The van der Waals surface area contributed by atoms with Crippen molar-refractivity contribution in [1.29, 1.82) is 0 Å². The van der Waals surface area contributed by atoms with Gasteiger partial charge in [0.05, 0.1) is 38.3 Å². The van der Waals surface area contributed by atoms with Crippen molar-refractivity contribution in [3.05, 3.63) is 0 Å². The lowest BCUT2D eigenvalue weighted by Crippen LogP contribution is -3.22. The van der Waals surface area contributed by atoms with E-state index >= 15 is 0 Å². The molecule has 1 saturated carbocycles. The van der Waals surface area contributed by atoms with Gasteiger partial charge in [0.25, 0.3) is 0 Å². The van der Waals surface area contributed by atoms with E-state index in [9.17, 15) is 0 Å². The molecule has 2 heteroatoms. The molecule has 19 heavy (non-hydrogen) atoms. The molecule has 3 rings (SSSR count). The predicted octanol–water partition coefficient (Wildman–Crippen LogP) is 0.681. The molecule has 0 aromatic carbocycles. The van der Waals surface area contributed by atoms with Crippen molar-refractivity contribution in [2.45, 2.75) is 76.8 Å². The highest BCUT2D eigenvalue weighted by Crippen LogP contribution is 2.16. The van der Waals surface area contributed by atoms with E-state index in [0.717, 1.165) is 18.0 Å². The van der Waals surface area contributed by atoms with Gasteiger partial charge >= 0.3 is 0 Å². The summed E-state index contributed by atoms with van der Waals surface area (Å²) in [4.78, 5) is 3.93. The number of hydrogen-bond donors (Lipinski definition) is 2. The molecule has 0 atom stereocenters. The minimum Gasteiger partial charge on any atom is -0.332 e. The first-order valence-corrected chi connectivity index (χ1v) is 9.02. The number of quaternary nitrogens is 2. The maximum Gasteiger partial charge on any atom is 0.0983 e. The van der Waals surface area contributed by atoms with Gasteiger partial charge in [0.1, 0.15) is 0 Å². The summed E-state index contributed by atoms with van der Waals surface area (Å²) in [7, 11) is 0. The van der Waals surface area contributed by atoms with Crippen molar-refractivity contribution in [1.82, 2.24) is 0 Å². The van der Waals surface area contributed by atoms with Crippen molar-refractivity contribution in [3.63, 3.8) is 0 Å². The topological polar surface area (TPSA) is 8.88 Å². The second-order valence-electron chi connectivity index (χ2n) is 7.61. The largest absolute Gasteiger partial charge is 0.332 e. The van der Waals surface area contributed by atoms with E-state index in [1.54, 1.807) is 0 Å². The smallest absolute Gasteiger partial charge is 0.0983 e. The van der Waals surface area contributed by atoms with Crippen LogP contribution in [0.4, 0.5) is 0 Å². The Morgan fingerprint density at radius 3 is 1.63 bits per heavy atom. The van der Waals surface area contributed by atoms with E-state index in [0.29, 0.717) is 0 Å². The summed E-state index contributed by atoms with van der Waals surface area (Å²) in [5, 5.41) is 0. The Bertz CT molecular complexity index is 256. The lowest BCUT2D eigenvalue weighted by Gasteiger charge is -2.40. The molecule has 3 aliphatic rings. The zero-order valence-corrected chi connectivity index (χ0v) is 12.9. The van der Waals surface area contributed by atoms with E-state index in [2.05, 4.69) is 6.92 Å². The molecule has 110 valence electrons. The van der Waals surface area contributed by atoms with Crippen LogP contribution >= 0.6 is 0 Å². The summed E-state index contributed by atoms with van der Waals surface area (Å²) in [6, 6.07) is 2.05. The van der Waals surface area contributed by atoms with E-state index in [-0.39, 0.29) is 0 Å². The highest BCUT2D eigenvalue weighted by molar-refractivity contribution is 4.68. The van der Waals surface area contributed by atoms with Gasteiger partial charge in [-0.3, -0.25) is 0 Å². The molecule has 0 amide bonds. The number of hydrogen-bond acceptors (Lipinski definition) is 0. The summed E-state index contributed by atoms with van der Waals surface area (Å²) in [5.41, 5.74) is 0. The zero-order chi connectivity index (χ0) is 13.1. The minimum atomic E-state index is 0.997. The average molecular weight is 266 g/mol. The molecular weight excluding hydrogens is 232 g/mol. The molecule has 1 aliphatic carbocycles. The monoisotopic (exact) mass is 266 g/mol. The third-order valence-electron chi connectivity index (χ3n) is 6.30. The number of piperidine rings is 2. The Hall–Kier alpha value is -0.0800. The normalized spacial score (nSPS) is 42.2. The van der Waals surface area contributed by atoms with Crippen LogP contribution in [0.1, 0.15) is 64.7 Å². The molecule has 0 spiro atoms. The zero-order valence-electron chi connectivity index (χ0n) is 12.9. The third-order valence-corrected chi connectivity index (χ3v) is 6.30. The number of rotatable bonds is 2. The van der Waals surface area contributed by atoms with Gasteiger partial charge in [-0.25, -0.2) is 0 Å². The van der Waals surface area contributed by atoms with Crippen molar-refractivity contribution in [2.75, 3.05) is 26.2 Å². The predicted molar refractivity (Wildman–Crippen MR) is 79.7 cm³/mol. The molecule has 0 radical (unpaired) electrons. The summed E-state index contributed by atoms with van der Waals surface area (Å²) < 4.78 is 0. The highest BCUT2D eigenvalue weighted by Gasteiger charge is 2.34. The van der Waals surface area contributed by atoms with Crippen LogP contribution in [-0.2, 0) is 0 Å². The molecule has 3 fully saturated rings. The van der Waals surface area contributed by atoms with Gasteiger partial charge in [0, 0.05) is 12.8 Å². The Kier molecular flexibility index (Phi) is 4.81. The highest BCUT2D eigenvalue weighted by atomic mass is 15.2. The third kappa shape index (κ3) is 3.52. The fourth-order valence-corrected chi connectivity index (χ4v) is 4.86. The van der Waals surface area contributed by atoms with Crippen LogP contribution in [0.15, 0.2) is 0 Å². The molecule has 0 aromatic heterocycles. The van der Waals surface area contributed by atoms with E-state index < -0.39 is 0 Å². The van der Waals surface area contributed by atoms with Gasteiger partial charge < -0.3 is 9.80 Å². The Labute approximate surface area is 119 Å². The molecule has 0 aromatic rings. The van der Waals surface area contributed by atoms with Crippen molar-refractivity contribution in [2.24, 2.45) is 5.92 Å². The average Bonchev–Trinajstić information content (AvgIpc) is 2.49. The fraction of sp³-hybridized carbons (Fsp3) is 1.00. The van der Waals surface area contributed by atoms with Crippen LogP contribution < -0.4 is 9.80 Å². The number of likely N-dealkylation sites (tertiary alicyclic amines) is 2. The molecule has 2 N–H and O–H groups in total. The molecule has 2 heterocycles. The molecule has 0 unspecified atom stereocenters. The SMILES string of the molecule is CC1CC[NH+](C2CC[NH+](C3CCCCC3)CC2)CC1. The van der Waals surface area contributed by atoms with E-state index in [4.69, 9.17) is 0 Å². The first-order chi connectivity index (χ1) is 9.33. The van der Waals surface area contributed by atoms with Gasteiger partial charge in [-0.15, -0.1) is 0 Å². The second kappa shape index (κ2) is 6.58. The van der Waals surface area contributed by atoms with Crippen LogP contribution in [0, 0.1) is 5.92 Å². The fourth-order valence-electron chi connectivity index (χ4n) is 4.86. The maximum atomic E-state index is 2.44. The minimum absolute atomic E-state index is 0.997. The van der Waals surface area contributed by atoms with Gasteiger partial charge in [-0.2, -0.15) is 0 Å². The first kappa shape index (κ1) is 13.9. The van der Waals surface area contributed by atoms with Gasteiger partial charge in [-0.1, -0.05) is 13.3 Å². The molecule has 2 saturated heterocycles. The molecule has 2 aliphatic heterocycles. The molecule has 0 bridgehead atoms. The van der Waals surface area contributed by atoms with Crippen molar-refractivity contribution < 1.29 is 9.80 Å². The van der Waals surface area contributed by atoms with Gasteiger partial charge in [0.2, 0.25) is 0 Å². The first-order valence-electron chi connectivity index (χ1n) is 9.02. The van der Waals surface area contributed by atoms with Crippen LogP contribution in [-0.4, -0.2) is 38.3 Å². The van der Waals surface area contributed by atoms with Crippen LogP contribution in [0.2, 0.25) is 0 Å². The summed E-state index contributed by atoms with van der Waals surface area (Å²) in [5.74, 6) is 0.997. The van der Waals surface area contributed by atoms with E-state index in [1.165, 1.54) is 84.0 Å². The van der Waals surface area contributed by atoms with Crippen LogP contribution in [0.5, 0.6) is 0 Å². The van der Waals surface area contributed by atoms with Crippen LogP contribution in [0.3, 0.4) is 0 Å². The van der Waals surface area contributed by atoms with Crippen LogP contribution in [0.25, 0.3) is 0 Å². The van der Waals surface area contributed by atoms with Gasteiger partial charge in [-0.05, 0) is 44.4 Å².